The number of nitrogens with zero attached hydrogens (tertiary/aromatic N) is 8. The third-order valence-electron chi connectivity index (χ3n) is 7.24. The van der Waals surface area contributed by atoms with Crippen LogP contribution in [0.25, 0.3) is 32.8 Å². The zero-order valence-electron chi connectivity index (χ0n) is 20.5. The smallest absolute Gasteiger partial charge is 0.334 e. The monoisotopic (exact) mass is 526 g/mol. The maximum atomic E-state index is 15.1. The van der Waals surface area contributed by atoms with Crippen molar-refractivity contribution >= 4 is 28.4 Å². The van der Waals surface area contributed by atoms with Crippen LogP contribution < -0.4 is 11.1 Å². The fraction of sp³-hybridized carbons (Fsp3) is 0.458. The van der Waals surface area contributed by atoms with Gasteiger partial charge in [0.15, 0.2) is 11.5 Å². The Hall–Kier alpha value is -3.96. The number of pyridine rings is 1. The van der Waals surface area contributed by atoms with E-state index in [2.05, 4.69) is 30.2 Å². The largest absolute Gasteiger partial charge is 0.382 e. The van der Waals surface area contributed by atoms with Crippen LogP contribution >= 0.6 is 0 Å². The second-order valence-corrected chi connectivity index (χ2v) is 9.63. The summed E-state index contributed by atoms with van der Waals surface area (Å²) in [5.74, 6) is 0.791. The van der Waals surface area contributed by atoms with E-state index in [1.54, 1.807) is 31.3 Å². The molecule has 0 amide bonds. The molecule has 2 aliphatic heterocycles. The van der Waals surface area contributed by atoms with Gasteiger partial charge in [-0.2, -0.15) is 4.98 Å². The molecule has 14 heteroatoms. The van der Waals surface area contributed by atoms with E-state index in [1.807, 2.05) is 4.90 Å². The summed E-state index contributed by atoms with van der Waals surface area (Å²) in [5, 5.41) is 7.53. The molecule has 3 N–H and O–H groups in total. The van der Waals surface area contributed by atoms with Gasteiger partial charge in [0.1, 0.15) is 36.2 Å². The Kier molecular flexibility index (Phi) is 5.84. The number of imidazole rings is 1. The van der Waals surface area contributed by atoms with Gasteiger partial charge < -0.3 is 20.4 Å². The highest BCUT2D eigenvalue weighted by Crippen LogP contribution is 2.32. The summed E-state index contributed by atoms with van der Waals surface area (Å²) < 4.78 is 49.5. The van der Waals surface area contributed by atoms with Crippen molar-refractivity contribution in [3.8, 4) is 11.3 Å². The van der Waals surface area contributed by atoms with E-state index in [0.717, 1.165) is 0 Å². The number of anilines is 2. The highest BCUT2D eigenvalue weighted by molar-refractivity contribution is 5.88. The van der Waals surface area contributed by atoms with Gasteiger partial charge in [-0.05, 0) is 31.5 Å². The standard InChI is InChI=1S/C24H25F3N10O/c1-13-30-18-4-3-16(31-22(18)36(13)10-19(26)27)14-5-8-37-20(14)21(28)33-23(34-37)32-17-6-7-35(9-15(17)25)24(29-2)11-38-12-24/h3-5,8,15,17,19H,6-7,9-12H2,1H3,(H3,28,32,33,34)/t15-,17+/m1/s1. The number of aryl methyl sites for hydroxylation is 1. The third-order valence-corrected chi connectivity index (χ3v) is 7.24. The molecule has 0 aromatic carbocycles. The van der Waals surface area contributed by atoms with Crippen molar-refractivity contribution in [2.75, 3.05) is 37.4 Å². The summed E-state index contributed by atoms with van der Waals surface area (Å²) in [6.07, 6.45) is -1.63. The molecule has 0 unspecified atom stereocenters. The average Bonchev–Trinajstić information content (AvgIpc) is 3.41. The van der Waals surface area contributed by atoms with E-state index in [4.69, 9.17) is 17.0 Å². The summed E-state index contributed by atoms with van der Waals surface area (Å²) >= 11 is 0. The van der Waals surface area contributed by atoms with Gasteiger partial charge in [0.2, 0.25) is 5.95 Å². The van der Waals surface area contributed by atoms with Crippen LogP contribution in [0.2, 0.25) is 0 Å². The molecule has 0 saturated carbocycles. The lowest BCUT2D eigenvalue weighted by Gasteiger charge is -2.43. The fourth-order valence-corrected chi connectivity index (χ4v) is 5.16. The summed E-state index contributed by atoms with van der Waals surface area (Å²) in [5.41, 5.74) is 8.05. The first-order chi connectivity index (χ1) is 18.3. The van der Waals surface area contributed by atoms with Crippen molar-refractivity contribution in [2.45, 2.75) is 44.2 Å². The lowest BCUT2D eigenvalue weighted by atomic mass is 9.97. The number of rotatable bonds is 6. The Morgan fingerprint density at radius 2 is 2.08 bits per heavy atom. The van der Waals surface area contributed by atoms with Crippen LogP contribution in [0.3, 0.4) is 0 Å². The minimum Gasteiger partial charge on any atom is -0.382 e. The quantitative estimate of drug-likeness (QED) is 0.369. The van der Waals surface area contributed by atoms with E-state index >= 15 is 4.39 Å². The molecular formula is C24H25F3N10O. The first-order valence-corrected chi connectivity index (χ1v) is 12.2. The van der Waals surface area contributed by atoms with E-state index in [1.165, 1.54) is 9.08 Å². The van der Waals surface area contributed by atoms with Crippen molar-refractivity contribution in [3.05, 3.63) is 41.6 Å². The minimum atomic E-state index is -2.54. The molecular weight excluding hydrogens is 501 g/mol. The number of hydrogen-bond acceptors (Lipinski definition) is 8. The zero-order valence-corrected chi connectivity index (χ0v) is 20.5. The molecule has 0 aliphatic carbocycles. The number of ether oxygens (including phenoxy) is 1. The molecule has 38 heavy (non-hydrogen) atoms. The lowest BCUT2D eigenvalue weighted by Crippen LogP contribution is -2.64. The lowest BCUT2D eigenvalue weighted by molar-refractivity contribution is -0.127. The average molecular weight is 527 g/mol. The van der Waals surface area contributed by atoms with Gasteiger partial charge in [0, 0.05) is 24.8 Å². The van der Waals surface area contributed by atoms with Gasteiger partial charge in [-0.25, -0.2) is 39.1 Å². The number of nitrogens with two attached hydrogens (primary N) is 1. The second kappa shape index (κ2) is 9.10. The number of nitrogen functional groups attached to an aromatic ring is 1. The summed E-state index contributed by atoms with van der Waals surface area (Å²) in [4.78, 5) is 18.8. The summed E-state index contributed by atoms with van der Waals surface area (Å²) in [6, 6.07) is 4.70. The molecule has 4 aromatic heterocycles. The van der Waals surface area contributed by atoms with Crippen LogP contribution in [0, 0.1) is 13.5 Å². The number of aromatic nitrogens is 6. The van der Waals surface area contributed by atoms with Crippen LogP contribution in [0.5, 0.6) is 0 Å². The van der Waals surface area contributed by atoms with Crippen LogP contribution in [0.15, 0.2) is 24.4 Å². The van der Waals surface area contributed by atoms with Gasteiger partial charge in [-0.3, -0.25) is 4.85 Å². The first-order valence-electron chi connectivity index (χ1n) is 12.2. The van der Waals surface area contributed by atoms with Gasteiger partial charge in [0.25, 0.3) is 6.43 Å². The SMILES string of the molecule is [C-]#[N+]C1(N2CC[C@H](Nc3nc(N)c4c(-c5ccc6nc(C)n(CC(F)F)c6n5)ccn4n3)[C@H](F)C2)COC1. The Morgan fingerprint density at radius 3 is 2.76 bits per heavy atom. The summed E-state index contributed by atoms with van der Waals surface area (Å²) in [6.45, 7) is 9.88. The molecule has 4 aromatic rings. The van der Waals surface area contributed by atoms with Crippen molar-refractivity contribution in [2.24, 2.45) is 0 Å². The van der Waals surface area contributed by atoms with Gasteiger partial charge in [0.05, 0.1) is 18.3 Å². The van der Waals surface area contributed by atoms with Crippen molar-refractivity contribution < 1.29 is 17.9 Å². The first kappa shape index (κ1) is 24.4. The van der Waals surface area contributed by atoms with Crippen molar-refractivity contribution in [3.63, 3.8) is 0 Å². The number of halogens is 3. The van der Waals surface area contributed by atoms with Crippen LogP contribution in [-0.2, 0) is 11.3 Å². The molecule has 2 atom stereocenters. The molecule has 2 fully saturated rings. The molecule has 2 aliphatic rings. The molecule has 6 rings (SSSR count). The number of fused-ring (bicyclic) bond motifs is 2. The topological polar surface area (TPSA) is 116 Å². The molecule has 198 valence electrons. The predicted molar refractivity (Wildman–Crippen MR) is 133 cm³/mol. The van der Waals surface area contributed by atoms with Gasteiger partial charge in [-0.15, -0.1) is 5.10 Å². The fourth-order valence-electron chi connectivity index (χ4n) is 5.16. The van der Waals surface area contributed by atoms with E-state index in [-0.39, 0.29) is 18.3 Å². The van der Waals surface area contributed by atoms with Crippen LogP contribution in [0.4, 0.5) is 24.9 Å². The van der Waals surface area contributed by atoms with Crippen molar-refractivity contribution in [1.82, 2.24) is 34.0 Å². The number of hydrogen-bond donors (Lipinski definition) is 2. The molecule has 0 spiro atoms. The number of nitrogens with one attached hydrogen (secondary N) is 1. The Balaban J connectivity index is 1.25. The Labute approximate surface area is 215 Å². The molecule has 6 heterocycles. The third kappa shape index (κ3) is 3.98. The molecule has 0 radical (unpaired) electrons. The number of piperidine rings is 1. The van der Waals surface area contributed by atoms with Gasteiger partial charge >= 0.3 is 5.66 Å². The summed E-state index contributed by atoms with van der Waals surface area (Å²) in [7, 11) is 0. The second-order valence-electron chi connectivity index (χ2n) is 9.63. The highest BCUT2D eigenvalue weighted by atomic mass is 19.3. The number of alkyl halides is 3. The Morgan fingerprint density at radius 1 is 1.26 bits per heavy atom. The molecule has 2 saturated heterocycles. The maximum Gasteiger partial charge on any atom is 0.334 e. The maximum absolute atomic E-state index is 15.1. The number of likely N-dealkylation sites (tertiary alicyclic amines) is 1. The van der Waals surface area contributed by atoms with Crippen LogP contribution in [0.1, 0.15) is 12.2 Å². The normalized spacial score (nSPS) is 21.6. The van der Waals surface area contributed by atoms with E-state index in [9.17, 15) is 8.78 Å². The van der Waals surface area contributed by atoms with Gasteiger partial charge in [-0.1, -0.05) is 0 Å². The Bertz CT molecular complexity index is 1560. The highest BCUT2D eigenvalue weighted by Gasteiger charge is 2.53. The van der Waals surface area contributed by atoms with E-state index in [0.29, 0.717) is 59.9 Å². The molecule has 0 bridgehead atoms. The van der Waals surface area contributed by atoms with E-state index < -0.39 is 30.8 Å². The van der Waals surface area contributed by atoms with Crippen LogP contribution in [-0.4, -0.2) is 84.6 Å². The minimum absolute atomic E-state index is 0.116. The zero-order chi connectivity index (χ0) is 26.6. The predicted octanol–water partition coefficient (Wildman–Crippen LogP) is 2.77. The molecule has 11 nitrogen and oxygen atoms in total. The van der Waals surface area contributed by atoms with Crippen molar-refractivity contribution in [1.29, 1.82) is 0 Å².